The van der Waals surface area contributed by atoms with Gasteiger partial charge in [-0.05, 0) is 12.2 Å². The summed E-state index contributed by atoms with van der Waals surface area (Å²) < 4.78 is 39.1. The molecule has 0 bridgehead atoms. The van der Waals surface area contributed by atoms with E-state index in [9.17, 15) is 18.0 Å². The molecule has 21 heavy (non-hydrogen) atoms. The maximum atomic E-state index is 13.0. The van der Waals surface area contributed by atoms with Gasteiger partial charge in [-0.3, -0.25) is 9.69 Å². The van der Waals surface area contributed by atoms with Crippen LogP contribution in [0.5, 0.6) is 0 Å². The zero-order valence-corrected chi connectivity index (χ0v) is 13.7. The monoisotopic (exact) mass is 349 g/mol. The van der Waals surface area contributed by atoms with Crippen molar-refractivity contribution in [3.05, 3.63) is 0 Å². The SMILES string of the molecule is CCCSCC(=O)NCC(N1CCNCC1)C(F)(F)F.Cl. The van der Waals surface area contributed by atoms with Gasteiger partial charge in [0, 0.05) is 32.7 Å². The minimum Gasteiger partial charge on any atom is -0.353 e. The first-order chi connectivity index (χ1) is 9.45. The topological polar surface area (TPSA) is 44.4 Å². The van der Waals surface area contributed by atoms with E-state index in [-0.39, 0.29) is 30.6 Å². The Hall–Kier alpha value is -0.180. The Kier molecular flexibility index (Phi) is 10.4. The summed E-state index contributed by atoms with van der Waals surface area (Å²) in [7, 11) is 0. The molecule has 1 fully saturated rings. The van der Waals surface area contributed by atoms with E-state index in [4.69, 9.17) is 0 Å². The van der Waals surface area contributed by atoms with E-state index in [0.717, 1.165) is 12.2 Å². The van der Waals surface area contributed by atoms with Crippen molar-refractivity contribution in [2.45, 2.75) is 25.6 Å². The second-order valence-corrected chi connectivity index (χ2v) is 5.81. The maximum absolute atomic E-state index is 13.0. The van der Waals surface area contributed by atoms with Gasteiger partial charge in [0.15, 0.2) is 0 Å². The number of nitrogens with one attached hydrogen (secondary N) is 2. The molecule has 1 rings (SSSR count). The Balaban J connectivity index is 0.00000400. The fraction of sp³-hybridized carbons (Fsp3) is 0.917. The number of piperazine rings is 1. The van der Waals surface area contributed by atoms with E-state index in [1.165, 1.54) is 16.7 Å². The van der Waals surface area contributed by atoms with E-state index in [0.29, 0.717) is 26.2 Å². The van der Waals surface area contributed by atoms with Gasteiger partial charge < -0.3 is 10.6 Å². The smallest absolute Gasteiger partial charge is 0.353 e. The molecule has 0 aromatic rings. The van der Waals surface area contributed by atoms with Crippen molar-refractivity contribution in [2.75, 3.05) is 44.2 Å². The number of halogens is 4. The van der Waals surface area contributed by atoms with Crippen LogP contribution in [0.1, 0.15) is 13.3 Å². The Morgan fingerprint density at radius 1 is 1.38 bits per heavy atom. The highest BCUT2D eigenvalue weighted by Gasteiger charge is 2.43. The van der Waals surface area contributed by atoms with Gasteiger partial charge in [-0.2, -0.15) is 24.9 Å². The van der Waals surface area contributed by atoms with Gasteiger partial charge in [-0.25, -0.2) is 0 Å². The molecular formula is C12H23ClF3N3OS. The summed E-state index contributed by atoms with van der Waals surface area (Å²) in [4.78, 5) is 12.9. The molecule has 2 N–H and O–H groups in total. The highest BCUT2D eigenvalue weighted by Crippen LogP contribution is 2.24. The summed E-state index contributed by atoms with van der Waals surface area (Å²) in [5.74, 6) is 0.737. The van der Waals surface area contributed by atoms with Crippen LogP contribution in [0.4, 0.5) is 13.2 Å². The first-order valence-corrected chi connectivity index (χ1v) is 7.96. The quantitative estimate of drug-likeness (QED) is 0.684. The number of carbonyl (C=O) groups excluding carboxylic acids is 1. The van der Waals surface area contributed by atoms with Crippen molar-refractivity contribution in [3.8, 4) is 0 Å². The molecule has 1 heterocycles. The Labute approximate surface area is 134 Å². The first-order valence-electron chi connectivity index (χ1n) is 6.81. The molecule has 0 radical (unpaired) electrons. The lowest BCUT2D eigenvalue weighted by molar-refractivity contribution is -0.183. The average molecular weight is 350 g/mol. The molecule has 0 spiro atoms. The average Bonchev–Trinajstić information content (AvgIpc) is 2.39. The molecule has 1 saturated heterocycles. The molecule has 1 aliphatic rings. The van der Waals surface area contributed by atoms with Crippen LogP contribution in [-0.4, -0.2) is 67.3 Å². The lowest BCUT2D eigenvalue weighted by Gasteiger charge is -2.35. The number of hydrogen-bond acceptors (Lipinski definition) is 4. The second-order valence-electron chi connectivity index (χ2n) is 4.70. The van der Waals surface area contributed by atoms with Crippen LogP contribution in [0.2, 0.25) is 0 Å². The van der Waals surface area contributed by atoms with Gasteiger partial charge in [0.25, 0.3) is 0 Å². The molecule has 9 heteroatoms. The van der Waals surface area contributed by atoms with E-state index in [2.05, 4.69) is 10.6 Å². The lowest BCUT2D eigenvalue weighted by Crippen LogP contribution is -2.57. The van der Waals surface area contributed by atoms with Crippen LogP contribution >= 0.6 is 24.2 Å². The standard InChI is InChI=1S/C12H22F3N3OS.ClH/c1-2-7-20-9-11(19)17-8-10(12(13,14)15)18-5-3-16-4-6-18;/h10,16H,2-9H2,1H3,(H,17,19);1H. The number of nitrogens with zero attached hydrogens (tertiary/aromatic N) is 1. The minimum atomic E-state index is -4.32. The number of hydrogen-bond donors (Lipinski definition) is 2. The summed E-state index contributed by atoms with van der Waals surface area (Å²) in [5, 5.41) is 5.42. The van der Waals surface area contributed by atoms with Crippen molar-refractivity contribution in [1.29, 1.82) is 0 Å². The van der Waals surface area contributed by atoms with Crippen molar-refractivity contribution >= 4 is 30.1 Å². The van der Waals surface area contributed by atoms with Crippen LogP contribution in [-0.2, 0) is 4.79 Å². The zero-order valence-electron chi connectivity index (χ0n) is 12.0. The molecule has 1 aliphatic heterocycles. The third-order valence-corrected chi connectivity index (χ3v) is 4.21. The third-order valence-electron chi connectivity index (χ3n) is 3.04. The number of rotatable bonds is 7. The van der Waals surface area contributed by atoms with E-state index in [1.807, 2.05) is 6.92 Å². The fourth-order valence-corrected chi connectivity index (χ4v) is 2.74. The molecule has 126 valence electrons. The molecule has 1 amide bonds. The van der Waals surface area contributed by atoms with Crippen LogP contribution in [0.15, 0.2) is 0 Å². The maximum Gasteiger partial charge on any atom is 0.405 e. The second kappa shape index (κ2) is 10.5. The van der Waals surface area contributed by atoms with Crippen molar-refractivity contribution in [3.63, 3.8) is 0 Å². The summed E-state index contributed by atoms with van der Waals surface area (Å²) in [6.45, 7) is 3.43. The van der Waals surface area contributed by atoms with Crippen LogP contribution in [0.25, 0.3) is 0 Å². The fourth-order valence-electron chi connectivity index (χ4n) is 2.02. The van der Waals surface area contributed by atoms with Crippen LogP contribution < -0.4 is 10.6 Å². The summed E-state index contributed by atoms with van der Waals surface area (Å²) in [5.41, 5.74) is 0. The Bertz CT molecular complexity index is 302. The molecule has 0 aromatic carbocycles. The summed E-state index contributed by atoms with van der Waals surface area (Å²) in [6.07, 6.45) is -3.37. The Morgan fingerprint density at radius 3 is 2.52 bits per heavy atom. The molecule has 1 unspecified atom stereocenters. The predicted molar refractivity (Wildman–Crippen MR) is 82.2 cm³/mol. The lowest BCUT2D eigenvalue weighted by atomic mass is 10.2. The van der Waals surface area contributed by atoms with Gasteiger partial charge in [-0.15, -0.1) is 12.4 Å². The minimum absolute atomic E-state index is 0. The van der Waals surface area contributed by atoms with Crippen molar-refractivity contribution in [1.82, 2.24) is 15.5 Å². The largest absolute Gasteiger partial charge is 0.405 e. The number of carbonyl (C=O) groups is 1. The van der Waals surface area contributed by atoms with Gasteiger partial charge >= 0.3 is 6.18 Å². The van der Waals surface area contributed by atoms with Crippen LogP contribution in [0, 0.1) is 0 Å². The predicted octanol–water partition coefficient (Wildman–Crippen LogP) is 1.50. The van der Waals surface area contributed by atoms with E-state index in [1.54, 1.807) is 0 Å². The van der Waals surface area contributed by atoms with Gasteiger partial charge in [-0.1, -0.05) is 6.92 Å². The molecular weight excluding hydrogens is 327 g/mol. The molecule has 0 saturated carbocycles. The third kappa shape index (κ3) is 8.13. The van der Waals surface area contributed by atoms with Crippen molar-refractivity contribution in [2.24, 2.45) is 0 Å². The van der Waals surface area contributed by atoms with Crippen LogP contribution in [0.3, 0.4) is 0 Å². The summed E-state index contributed by atoms with van der Waals surface area (Å²) >= 11 is 1.44. The highest BCUT2D eigenvalue weighted by molar-refractivity contribution is 7.99. The highest BCUT2D eigenvalue weighted by atomic mass is 35.5. The van der Waals surface area contributed by atoms with Gasteiger partial charge in [0.1, 0.15) is 6.04 Å². The van der Waals surface area contributed by atoms with Crippen molar-refractivity contribution < 1.29 is 18.0 Å². The number of alkyl halides is 3. The Morgan fingerprint density at radius 2 is 2.00 bits per heavy atom. The number of amides is 1. The molecule has 1 atom stereocenters. The van der Waals surface area contributed by atoms with Gasteiger partial charge in [0.05, 0.1) is 5.75 Å². The molecule has 0 aliphatic carbocycles. The summed E-state index contributed by atoms with van der Waals surface area (Å²) in [6, 6.07) is -1.59. The molecule has 4 nitrogen and oxygen atoms in total. The van der Waals surface area contributed by atoms with Gasteiger partial charge in [0.2, 0.25) is 5.91 Å². The molecule has 0 aromatic heterocycles. The first kappa shape index (κ1) is 20.8. The zero-order chi connectivity index (χ0) is 15.0. The number of thioether (sulfide) groups is 1. The normalized spacial score (nSPS) is 17.9. The van der Waals surface area contributed by atoms with E-state index < -0.39 is 12.2 Å². The van der Waals surface area contributed by atoms with E-state index >= 15 is 0 Å².